The molecule has 0 bridgehead atoms. The van der Waals surface area contributed by atoms with Crippen molar-refractivity contribution in [1.29, 1.82) is 0 Å². The number of hydrogen-bond acceptors (Lipinski definition) is 8. The number of methoxy groups -OCH3 is 1. The Kier molecular flexibility index (Phi) is 7.99. The Labute approximate surface area is 203 Å². The standard InChI is InChI=1S/C24H30N6O3S/c1-3-15-34-24-27-20(29-12-7-4-8-13-29)19-16-26-30(21(19)28-24)14-11-25-22(31)17-9-5-6-10-18(17)23(32)33-2/h5-6,9-10,16H,3-4,7-8,11-15H2,1-2H3,(H,25,31). The number of fused-ring (bicyclic) bond motifs is 1. The summed E-state index contributed by atoms with van der Waals surface area (Å²) in [6.45, 7) is 4.91. The number of carbonyl (C=O) groups excluding carboxylic acids is 2. The van der Waals surface area contributed by atoms with E-state index in [9.17, 15) is 9.59 Å². The maximum Gasteiger partial charge on any atom is 0.338 e. The van der Waals surface area contributed by atoms with E-state index >= 15 is 0 Å². The third kappa shape index (κ3) is 5.32. The number of thioether (sulfide) groups is 1. The molecule has 0 atom stereocenters. The average Bonchev–Trinajstić information content (AvgIpc) is 3.29. The second kappa shape index (κ2) is 11.3. The zero-order chi connectivity index (χ0) is 23.9. The lowest BCUT2D eigenvalue weighted by molar-refractivity contribution is 0.0596. The maximum atomic E-state index is 12.7. The van der Waals surface area contributed by atoms with Crippen LogP contribution in [0.2, 0.25) is 0 Å². The number of aromatic nitrogens is 4. The molecule has 0 aliphatic carbocycles. The number of esters is 1. The molecular weight excluding hydrogens is 452 g/mol. The Morgan fingerprint density at radius 3 is 2.62 bits per heavy atom. The largest absolute Gasteiger partial charge is 0.465 e. The SMILES string of the molecule is CCCSc1nc(N2CCCCC2)c2cnn(CCNC(=O)c3ccccc3C(=O)OC)c2n1. The highest BCUT2D eigenvalue weighted by Crippen LogP contribution is 2.29. The zero-order valence-corrected chi connectivity index (χ0v) is 20.4. The maximum absolute atomic E-state index is 12.7. The van der Waals surface area contributed by atoms with Crippen LogP contribution in [0, 0.1) is 0 Å². The van der Waals surface area contributed by atoms with Gasteiger partial charge >= 0.3 is 5.97 Å². The molecule has 1 aliphatic heterocycles. The number of rotatable bonds is 9. The molecule has 2 aromatic heterocycles. The summed E-state index contributed by atoms with van der Waals surface area (Å²) in [5.41, 5.74) is 1.30. The van der Waals surface area contributed by atoms with Gasteiger partial charge in [-0.2, -0.15) is 5.10 Å². The Bertz CT molecular complexity index is 1160. The number of hydrogen-bond donors (Lipinski definition) is 1. The van der Waals surface area contributed by atoms with E-state index in [-0.39, 0.29) is 17.0 Å². The molecule has 0 unspecified atom stereocenters. The van der Waals surface area contributed by atoms with E-state index in [0.717, 1.165) is 60.1 Å². The van der Waals surface area contributed by atoms with Crippen LogP contribution in [0.1, 0.15) is 53.3 Å². The molecule has 1 amide bonds. The van der Waals surface area contributed by atoms with Crippen LogP contribution in [0.5, 0.6) is 0 Å². The van der Waals surface area contributed by atoms with Crippen LogP contribution in [0.15, 0.2) is 35.6 Å². The summed E-state index contributed by atoms with van der Waals surface area (Å²) in [5.74, 6) is 1.03. The second-order valence-corrected chi connectivity index (χ2v) is 9.19. The van der Waals surface area contributed by atoms with Crippen LogP contribution in [0.3, 0.4) is 0 Å². The summed E-state index contributed by atoms with van der Waals surface area (Å²) in [5, 5.41) is 9.13. The molecule has 4 rings (SSSR count). The van der Waals surface area contributed by atoms with Crippen LogP contribution in [-0.4, -0.2) is 64.1 Å². The van der Waals surface area contributed by atoms with Crippen molar-refractivity contribution < 1.29 is 14.3 Å². The van der Waals surface area contributed by atoms with E-state index in [2.05, 4.69) is 22.2 Å². The number of nitrogens with one attached hydrogen (secondary N) is 1. The summed E-state index contributed by atoms with van der Waals surface area (Å²) in [4.78, 5) is 36.7. The minimum atomic E-state index is -0.539. The normalized spacial score (nSPS) is 13.8. The fourth-order valence-electron chi connectivity index (χ4n) is 4.03. The first kappa shape index (κ1) is 24.0. The average molecular weight is 483 g/mol. The van der Waals surface area contributed by atoms with Gasteiger partial charge < -0.3 is 15.0 Å². The highest BCUT2D eigenvalue weighted by molar-refractivity contribution is 7.99. The smallest absolute Gasteiger partial charge is 0.338 e. The molecule has 1 fully saturated rings. The Morgan fingerprint density at radius 2 is 1.88 bits per heavy atom. The molecule has 1 aromatic carbocycles. The molecule has 34 heavy (non-hydrogen) atoms. The van der Waals surface area contributed by atoms with Gasteiger partial charge in [0, 0.05) is 25.4 Å². The van der Waals surface area contributed by atoms with Crippen molar-refractivity contribution in [2.45, 2.75) is 44.3 Å². The predicted octanol–water partition coefficient (Wildman–Crippen LogP) is 3.54. The van der Waals surface area contributed by atoms with E-state index in [1.54, 1.807) is 36.0 Å². The van der Waals surface area contributed by atoms with Crippen LogP contribution in [0.25, 0.3) is 11.0 Å². The minimum absolute atomic E-state index is 0.239. The molecular formula is C24H30N6O3S. The zero-order valence-electron chi connectivity index (χ0n) is 19.6. The van der Waals surface area contributed by atoms with Crippen molar-refractivity contribution in [3.8, 4) is 0 Å². The molecule has 3 aromatic rings. The van der Waals surface area contributed by atoms with Gasteiger partial charge in [0.1, 0.15) is 5.82 Å². The number of ether oxygens (including phenoxy) is 1. The third-order valence-electron chi connectivity index (χ3n) is 5.73. The van der Waals surface area contributed by atoms with E-state index in [4.69, 9.17) is 14.7 Å². The molecule has 180 valence electrons. The lowest BCUT2D eigenvalue weighted by Crippen LogP contribution is -2.30. The summed E-state index contributed by atoms with van der Waals surface area (Å²) in [6, 6.07) is 6.61. The minimum Gasteiger partial charge on any atom is -0.465 e. The van der Waals surface area contributed by atoms with Gasteiger partial charge in [0.05, 0.1) is 36.4 Å². The van der Waals surface area contributed by atoms with Crippen molar-refractivity contribution in [2.75, 3.05) is 37.4 Å². The molecule has 1 N–H and O–H groups in total. The summed E-state index contributed by atoms with van der Waals surface area (Å²) in [7, 11) is 1.30. The molecule has 1 aliphatic rings. The molecule has 0 spiro atoms. The van der Waals surface area contributed by atoms with Gasteiger partial charge in [0.2, 0.25) is 0 Å². The fourth-order valence-corrected chi connectivity index (χ4v) is 4.72. The highest BCUT2D eigenvalue weighted by Gasteiger charge is 2.21. The summed E-state index contributed by atoms with van der Waals surface area (Å²) in [6.07, 6.45) is 6.44. The van der Waals surface area contributed by atoms with Crippen molar-refractivity contribution in [3.05, 3.63) is 41.6 Å². The van der Waals surface area contributed by atoms with Gasteiger partial charge in [-0.15, -0.1) is 0 Å². The number of benzene rings is 1. The van der Waals surface area contributed by atoms with Crippen LogP contribution in [-0.2, 0) is 11.3 Å². The first-order valence-corrected chi connectivity index (χ1v) is 12.7. The number of anilines is 1. The topological polar surface area (TPSA) is 102 Å². The highest BCUT2D eigenvalue weighted by atomic mass is 32.2. The monoisotopic (exact) mass is 482 g/mol. The van der Waals surface area contributed by atoms with E-state index in [1.165, 1.54) is 13.5 Å². The molecule has 1 saturated heterocycles. The number of nitrogens with zero attached hydrogens (tertiary/aromatic N) is 5. The van der Waals surface area contributed by atoms with Crippen LogP contribution < -0.4 is 10.2 Å². The third-order valence-corrected chi connectivity index (χ3v) is 6.79. The first-order chi connectivity index (χ1) is 16.6. The van der Waals surface area contributed by atoms with E-state index < -0.39 is 5.97 Å². The Hall–Kier alpha value is -3.14. The lowest BCUT2D eigenvalue weighted by Gasteiger charge is -2.28. The van der Waals surface area contributed by atoms with E-state index in [1.807, 2.05) is 10.9 Å². The Balaban J connectivity index is 1.52. The number of carbonyl (C=O) groups is 2. The van der Waals surface area contributed by atoms with E-state index in [0.29, 0.717) is 13.1 Å². The Morgan fingerprint density at radius 1 is 1.12 bits per heavy atom. The van der Waals surface area contributed by atoms with Crippen molar-refractivity contribution >= 4 is 40.5 Å². The summed E-state index contributed by atoms with van der Waals surface area (Å²) >= 11 is 1.65. The molecule has 3 heterocycles. The van der Waals surface area contributed by atoms with Gasteiger partial charge in [0.15, 0.2) is 10.8 Å². The lowest BCUT2D eigenvalue weighted by atomic mass is 10.1. The van der Waals surface area contributed by atoms with Crippen molar-refractivity contribution in [1.82, 2.24) is 25.1 Å². The number of amides is 1. The van der Waals surface area contributed by atoms with Gasteiger partial charge in [-0.1, -0.05) is 30.8 Å². The van der Waals surface area contributed by atoms with Crippen LogP contribution >= 0.6 is 11.8 Å². The van der Waals surface area contributed by atoms with Crippen molar-refractivity contribution in [2.24, 2.45) is 0 Å². The predicted molar refractivity (Wildman–Crippen MR) is 133 cm³/mol. The van der Waals surface area contributed by atoms with Crippen LogP contribution in [0.4, 0.5) is 5.82 Å². The number of piperidine rings is 1. The summed E-state index contributed by atoms with van der Waals surface area (Å²) < 4.78 is 6.60. The molecule has 0 radical (unpaired) electrons. The molecule has 9 nitrogen and oxygen atoms in total. The van der Waals surface area contributed by atoms with Crippen molar-refractivity contribution in [3.63, 3.8) is 0 Å². The second-order valence-electron chi connectivity index (χ2n) is 8.12. The van der Waals surface area contributed by atoms with Gasteiger partial charge in [-0.3, -0.25) is 4.79 Å². The van der Waals surface area contributed by atoms with Gasteiger partial charge in [-0.25, -0.2) is 19.4 Å². The quantitative estimate of drug-likeness (QED) is 0.281. The fraction of sp³-hybridized carbons (Fsp3) is 0.458. The van der Waals surface area contributed by atoms with Gasteiger partial charge in [-0.05, 0) is 37.8 Å². The molecule has 0 saturated carbocycles. The molecule has 10 heteroatoms. The first-order valence-electron chi connectivity index (χ1n) is 11.7. The van der Waals surface area contributed by atoms with Gasteiger partial charge in [0.25, 0.3) is 5.91 Å².